The number of ether oxygens (including phenoxy) is 3. The minimum Gasteiger partial charge on any atom is -0.497 e. The van der Waals surface area contributed by atoms with Gasteiger partial charge >= 0.3 is 5.97 Å². The third-order valence-electron chi connectivity index (χ3n) is 6.58. The second-order valence-electron chi connectivity index (χ2n) is 9.03. The van der Waals surface area contributed by atoms with Crippen LogP contribution in [-0.2, 0) is 9.53 Å². The van der Waals surface area contributed by atoms with Gasteiger partial charge in [0.2, 0.25) is 0 Å². The van der Waals surface area contributed by atoms with Gasteiger partial charge in [-0.3, -0.25) is 19.5 Å². The molecule has 2 aromatic carbocycles. The molecule has 1 unspecified atom stereocenters. The maximum atomic E-state index is 13.9. The first-order valence-electron chi connectivity index (χ1n) is 12.6. The summed E-state index contributed by atoms with van der Waals surface area (Å²) >= 11 is 7.40. The van der Waals surface area contributed by atoms with Gasteiger partial charge in [0.25, 0.3) is 11.2 Å². The predicted molar refractivity (Wildman–Crippen MR) is 156 cm³/mol. The molecule has 3 heterocycles. The Balaban J connectivity index is 1.66. The number of nitro groups is 1. The van der Waals surface area contributed by atoms with Gasteiger partial charge < -0.3 is 18.6 Å². The van der Waals surface area contributed by atoms with Crippen LogP contribution in [0.3, 0.4) is 0 Å². The molecule has 1 atom stereocenters. The summed E-state index contributed by atoms with van der Waals surface area (Å²) in [6.45, 7) is 3.53. The molecule has 0 bridgehead atoms. The van der Waals surface area contributed by atoms with Crippen molar-refractivity contribution >= 4 is 40.7 Å². The van der Waals surface area contributed by atoms with E-state index in [9.17, 15) is 19.7 Å². The number of rotatable bonds is 8. The summed E-state index contributed by atoms with van der Waals surface area (Å²) in [5, 5.41) is 11.5. The van der Waals surface area contributed by atoms with E-state index >= 15 is 0 Å². The van der Waals surface area contributed by atoms with Gasteiger partial charge in [-0.2, -0.15) is 0 Å². The van der Waals surface area contributed by atoms with Crippen molar-refractivity contribution in [1.29, 1.82) is 0 Å². The Morgan fingerprint density at radius 2 is 1.98 bits per heavy atom. The number of aromatic nitrogens is 1. The number of allylic oxidation sites excluding steroid dienone is 1. The van der Waals surface area contributed by atoms with Crippen molar-refractivity contribution in [2.75, 3.05) is 20.8 Å². The number of hydrogen-bond acceptors (Lipinski definition) is 10. The number of thiazole rings is 1. The lowest BCUT2D eigenvalue weighted by atomic mass is 9.95. The molecule has 0 amide bonds. The van der Waals surface area contributed by atoms with Gasteiger partial charge in [-0.25, -0.2) is 9.79 Å². The van der Waals surface area contributed by atoms with Crippen LogP contribution in [-0.4, -0.2) is 36.3 Å². The number of carbonyl (C=O) groups is 1. The maximum absolute atomic E-state index is 13.9. The lowest BCUT2D eigenvalue weighted by molar-refractivity contribution is -0.384. The first kappa shape index (κ1) is 28.8. The summed E-state index contributed by atoms with van der Waals surface area (Å²) in [4.78, 5) is 42.7. The highest BCUT2D eigenvalue weighted by Crippen LogP contribution is 2.38. The Morgan fingerprint density at radius 1 is 1.19 bits per heavy atom. The van der Waals surface area contributed by atoms with Gasteiger partial charge in [-0.1, -0.05) is 22.9 Å². The Kier molecular flexibility index (Phi) is 8.01. The van der Waals surface area contributed by atoms with E-state index in [0.29, 0.717) is 44.6 Å². The molecule has 11 nitrogen and oxygen atoms in total. The quantitative estimate of drug-likeness (QED) is 0.160. The average molecular weight is 610 g/mol. The highest BCUT2D eigenvalue weighted by molar-refractivity contribution is 7.07. The number of hydrogen-bond donors (Lipinski definition) is 0. The fourth-order valence-electron chi connectivity index (χ4n) is 4.65. The van der Waals surface area contributed by atoms with Crippen LogP contribution in [0.2, 0.25) is 5.02 Å². The van der Waals surface area contributed by atoms with E-state index < -0.39 is 22.5 Å². The summed E-state index contributed by atoms with van der Waals surface area (Å²) in [6, 6.07) is 11.5. The van der Waals surface area contributed by atoms with Crippen molar-refractivity contribution in [3.8, 4) is 22.8 Å². The van der Waals surface area contributed by atoms with Crippen LogP contribution in [0.1, 0.15) is 31.2 Å². The molecule has 4 aromatic rings. The molecule has 0 fully saturated rings. The molecule has 0 saturated carbocycles. The largest absolute Gasteiger partial charge is 0.497 e. The smallest absolute Gasteiger partial charge is 0.338 e. The molecule has 1 aliphatic heterocycles. The van der Waals surface area contributed by atoms with E-state index in [1.807, 2.05) is 0 Å². The molecule has 1 aliphatic rings. The lowest BCUT2D eigenvalue weighted by Crippen LogP contribution is -2.40. The zero-order chi connectivity index (χ0) is 30.1. The van der Waals surface area contributed by atoms with E-state index in [4.69, 9.17) is 30.2 Å². The SMILES string of the molecule is CCOC(=O)C1=C(C)N=c2sc(=Cc3ccc(-c4cc([N+](=O)[O-])ccc4Cl)o3)c(=O)n2C1c1ccc(OC)cc1OC. The molecule has 0 aliphatic carbocycles. The van der Waals surface area contributed by atoms with Gasteiger partial charge in [-0.05, 0) is 44.2 Å². The van der Waals surface area contributed by atoms with E-state index in [-0.39, 0.29) is 27.4 Å². The monoisotopic (exact) mass is 609 g/mol. The van der Waals surface area contributed by atoms with E-state index in [2.05, 4.69) is 4.99 Å². The molecule has 0 saturated heterocycles. The zero-order valence-corrected chi connectivity index (χ0v) is 24.4. The molecule has 5 rings (SSSR count). The van der Waals surface area contributed by atoms with Gasteiger partial charge in [0.05, 0.1) is 46.6 Å². The molecule has 216 valence electrons. The zero-order valence-electron chi connectivity index (χ0n) is 22.9. The van der Waals surface area contributed by atoms with Gasteiger partial charge in [0.15, 0.2) is 4.80 Å². The third kappa shape index (κ3) is 5.21. The van der Waals surface area contributed by atoms with Crippen LogP contribution >= 0.6 is 22.9 Å². The molecule has 13 heteroatoms. The van der Waals surface area contributed by atoms with Crippen molar-refractivity contribution in [2.45, 2.75) is 19.9 Å². The Labute approximate surface area is 247 Å². The van der Waals surface area contributed by atoms with Crippen molar-refractivity contribution in [3.05, 3.63) is 106 Å². The first-order chi connectivity index (χ1) is 20.2. The van der Waals surface area contributed by atoms with E-state index in [0.717, 1.165) is 11.3 Å². The fraction of sp³-hybridized carbons (Fsp3) is 0.207. The van der Waals surface area contributed by atoms with E-state index in [1.54, 1.807) is 50.3 Å². The van der Waals surface area contributed by atoms with Crippen LogP contribution in [0.5, 0.6) is 11.5 Å². The number of nitrogens with zero attached hydrogens (tertiary/aromatic N) is 3. The highest BCUT2D eigenvalue weighted by atomic mass is 35.5. The summed E-state index contributed by atoms with van der Waals surface area (Å²) in [7, 11) is 3.02. The number of nitro benzene ring substituents is 1. The number of non-ortho nitro benzene ring substituents is 1. The number of methoxy groups -OCH3 is 2. The van der Waals surface area contributed by atoms with Crippen LogP contribution < -0.4 is 24.4 Å². The minimum absolute atomic E-state index is 0.137. The maximum Gasteiger partial charge on any atom is 0.338 e. The number of halogens is 1. The highest BCUT2D eigenvalue weighted by Gasteiger charge is 2.35. The number of furan rings is 1. The fourth-order valence-corrected chi connectivity index (χ4v) is 5.89. The molecule has 0 spiro atoms. The summed E-state index contributed by atoms with van der Waals surface area (Å²) in [5.74, 6) is 0.968. The van der Waals surface area contributed by atoms with E-state index in [1.165, 1.54) is 37.0 Å². The van der Waals surface area contributed by atoms with Crippen LogP contribution in [0.15, 0.2) is 74.0 Å². The second-order valence-corrected chi connectivity index (χ2v) is 10.4. The lowest BCUT2D eigenvalue weighted by Gasteiger charge is -2.26. The summed E-state index contributed by atoms with van der Waals surface area (Å²) in [6.07, 6.45) is 1.55. The topological polar surface area (TPSA) is 135 Å². The molecular formula is C29H24ClN3O8S. The van der Waals surface area contributed by atoms with Gasteiger partial charge in [0, 0.05) is 35.4 Å². The Bertz CT molecular complexity index is 1940. The molecular weight excluding hydrogens is 586 g/mol. The van der Waals surface area contributed by atoms with Crippen molar-refractivity contribution in [3.63, 3.8) is 0 Å². The number of carbonyl (C=O) groups excluding carboxylic acids is 1. The summed E-state index contributed by atoms with van der Waals surface area (Å²) in [5.41, 5.74) is 0.950. The normalized spacial score (nSPS) is 14.8. The first-order valence-corrected chi connectivity index (χ1v) is 13.8. The van der Waals surface area contributed by atoms with Crippen molar-refractivity contribution in [2.24, 2.45) is 4.99 Å². The Hall–Kier alpha value is -4.68. The number of benzene rings is 2. The molecule has 0 N–H and O–H groups in total. The number of esters is 1. The third-order valence-corrected chi connectivity index (χ3v) is 7.89. The molecule has 0 radical (unpaired) electrons. The predicted octanol–water partition coefficient (Wildman–Crippen LogP) is 4.64. The van der Waals surface area contributed by atoms with Crippen LogP contribution in [0.4, 0.5) is 5.69 Å². The van der Waals surface area contributed by atoms with Crippen molar-refractivity contribution < 1.29 is 28.3 Å². The Morgan fingerprint density at radius 3 is 2.67 bits per heavy atom. The number of fused-ring (bicyclic) bond motifs is 1. The van der Waals surface area contributed by atoms with Crippen LogP contribution in [0, 0.1) is 10.1 Å². The minimum atomic E-state index is -0.890. The van der Waals surface area contributed by atoms with Crippen molar-refractivity contribution in [1.82, 2.24) is 4.57 Å². The van der Waals surface area contributed by atoms with Gasteiger partial charge in [-0.15, -0.1) is 0 Å². The van der Waals surface area contributed by atoms with Crippen LogP contribution in [0.25, 0.3) is 17.4 Å². The summed E-state index contributed by atoms with van der Waals surface area (Å²) < 4.78 is 23.9. The molecule has 42 heavy (non-hydrogen) atoms. The molecule has 2 aromatic heterocycles. The van der Waals surface area contributed by atoms with Gasteiger partial charge in [0.1, 0.15) is 29.1 Å². The average Bonchev–Trinajstić information content (AvgIpc) is 3.56. The standard InChI is InChI=1S/C29H24ClN3O8S/c1-5-40-28(35)25-15(2)31-29-32(26(25)19-9-7-17(38-3)13-23(19)39-4)27(34)24(42-29)14-18-8-11-22(41-18)20-12-16(33(36)37)6-10-21(20)30/h6-14,26H,5H2,1-4H3. The second kappa shape index (κ2) is 11.7.